The summed E-state index contributed by atoms with van der Waals surface area (Å²) in [5.41, 5.74) is 1.05. The Morgan fingerprint density at radius 1 is 1.24 bits per heavy atom. The Hall–Kier alpha value is -1.50. The normalized spacial score (nSPS) is 10.0. The van der Waals surface area contributed by atoms with Crippen LogP contribution in [0.4, 0.5) is 10.1 Å². The molecule has 0 saturated carbocycles. The van der Waals surface area contributed by atoms with E-state index in [1.165, 1.54) is 18.3 Å². The first kappa shape index (κ1) is 12.0. The van der Waals surface area contributed by atoms with E-state index in [-0.39, 0.29) is 5.91 Å². The summed E-state index contributed by atoms with van der Waals surface area (Å²) in [6.07, 6.45) is 1.28. The number of anilines is 1. The van der Waals surface area contributed by atoms with Crippen LogP contribution in [0.3, 0.4) is 0 Å². The van der Waals surface area contributed by atoms with Crippen LogP contribution < -0.4 is 5.32 Å². The quantitative estimate of drug-likeness (QED) is 0.673. The Kier molecular flexibility index (Phi) is 3.68. The van der Waals surface area contributed by atoms with Gasteiger partial charge in [-0.2, -0.15) is 4.39 Å². The number of hydrogen-bond acceptors (Lipinski definition) is 2. The molecule has 1 aromatic carbocycles. The highest BCUT2D eigenvalue weighted by Crippen LogP contribution is 2.14. The minimum Gasteiger partial charge on any atom is -0.321 e. The van der Waals surface area contributed by atoms with Crippen molar-refractivity contribution in [2.75, 3.05) is 5.32 Å². The number of nitrogens with one attached hydrogen (secondary N) is 1. The van der Waals surface area contributed by atoms with Gasteiger partial charge in [-0.15, -0.1) is 0 Å². The minimum absolute atomic E-state index is 0.233. The predicted molar refractivity (Wildman–Crippen MR) is 71.3 cm³/mol. The molecule has 0 aliphatic rings. The summed E-state index contributed by atoms with van der Waals surface area (Å²) in [6, 6.07) is 9.89. The molecule has 0 bridgehead atoms. The van der Waals surface area contributed by atoms with E-state index >= 15 is 0 Å². The maximum atomic E-state index is 12.6. The third-order valence-corrected chi connectivity index (χ3v) is 3.04. The zero-order chi connectivity index (χ0) is 12.3. The maximum absolute atomic E-state index is 12.6. The Labute approximate surface area is 111 Å². The van der Waals surface area contributed by atoms with Gasteiger partial charge in [0, 0.05) is 3.57 Å². The van der Waals surface area contributed by atoms with E-state index in [9.17, 15) is 9.18 Å². The smallest absolute Gasteiger partial charge is 0.256 e. The number of aromatic nitrogens is 1. The van der Waals surface area contributed by atoms with Crippen LogP contribution in [-0.4, -0.2) is 10.9 Å². The Balaban J connectivity index is 2.17. The van der Waals surface area contributed by atoms with Gasteiger partial charge in [0.2, 0.25) is 5.95 Å². The van der Waals surface area contributed by atoms with Crippen molar-refractivity contribution in [1.82, 2.24) is 4.98 Å². The molecular formula is C12H8FIN2O. The van der Waals surface area contributed by atoms with E-state index in [1.54, 1.807) is 12.1 Å². The SMILES string of the molecule is O=C(Nc1ccc(F)nc1)c1ccccc1I. The Morgan fingerprint density at radius 2 is 2.00 bits per heavy atom. The van der Waals surface area contributed by atoms with Gasteiger partial charge in [-0.25, -0.2) is 4.98 Å². The zero-order valence-electron chi connectivity index (χ0n) is 8.65. The summed E-state index contributed by atoms with van der Waals surface area (Å²) in [4.78, 5) is 15.3. The lowest BCUT2D eigenvalue weighted by atomic mass is 10.2. The second-order valence-electron chi connectivity index (χ2n) is 3.30. The molecule has 3 nitrogen and oxygen atoms in total. The van der Waals surface area contributed by atoms with Gasteiger partial charge < -0.3 is 5.32 Å². The molecule has 0 fully saturated rings. The summed E-state index contributed by atoms with van der Waals surface area (Å²) >= 11 is 2.09. The molecule has 1 N–H and O–H groups in total. The van der Waals surface area contributed by atoms with Crippen LogP contribution in [0.2, 0.25) is 0 Å². The molecule has 1 amide bonds. The molecule has 1 aromatic heterocycles. The van der Waals surface area contributed by atoms with E-state index in [0.29, 0.717) is 11.3 Å². The van der Waals surface area contributed by atoms with Gasteiger partial charge in [0.15, 0.2) is 0 Å². The number of hydrogen-bond donors (Lipinski definition) is 1. The zero-order valence-corrected chi connectivity index (χ0v) is 10.8. The molecule has 0 radical (unpaired) electrons. The van der Waals surface area contributed by atoms with Gasteiger partial charge in [-0.05, 0) is 46.9 Å². The average Bonchev–Trinajstić information content (AvgIpc) is 2.32. The Bertz CT molecular complexity index is 542. The second-order valence-corrected chi connectivity index (χ2v) is 4.47. The number of rotatable bonds is 2. The summed E-state index contributed by atoms with van der Waals surface area (Å²) in [5, 5.41) is 2.65. The minimum atomic E-state index is -0.572. The number of pyridine rings is 1. The number of amides is 1. The van der Waals surface area contributed by atoms with E-state index in [2.05, 4.69) is 32.9 Å². The van der Waals surface area contributed by atoms with Crippen LogP contribution in [0.1, 0.15) is 10.4 Å². The van der Waals surface area contributed by atoms with E-state index in [1.807, 2.05) is 12.1 Å². The van der Waals surface area contributed by atoms with Crippen molar-refractivity contribution >= 4 is 34.2 Å². The van der Waals surface area contributed by atoms with Gasteiger partial charge >= 0.3 is 0 Å². The van der Waals surface area contributed by atoms with Crippen LogP contribution >= 0.6 is 22.6 Å². The molecule has 86 valence electrons. The van der Waals surface area contributed by atoms with Crippen LogP contribution in [0.15, 0.2) is 42.6 Å². The molecule has 2 rings (SSSR count). The lowest BCUT2D eigenvalue weighted by molar-refractivity contribution is 0.102. The number of halogens is 2. The first-order valence-electron chi connectivity index (χ1n) is 4.84. The molecule has 0 atom stereocenters. The molecule has 5 heteroatoms. The summed E-state index contributed by atoms with van der Waals surface area (Å²) in [7, 11) is 0. The molecule has 0 aliphatic carbocycles. The molecule has 2 aromatic rings. The van der Waals surface area contributed by atoms with Crippen molar-refractivity contribution in [2.45, 2.75) is 0 Å². The fourth-order valence-electron chi connectivity index (χ4n) is 1.29. The third kappa shape index (κ3) is 3.00. The molecule has 0 unspecified atom stereocenters. The van der Waals surface area contributed by atoms with Gasteiger partial charge in [0.1, 0.15) is 0 Å². The molecular weight excluding hydrogens is 334 g/mol. The van der Waals surface area contributed by atoms with Crippen molar-refractivity contribution in [3.05, 3.63) is 57.7 Å². The van der Waals surface area contributed by atoms with Crippen LogP contribution in [0.5, 0.6) is 0 Å². The van der Waals surface area contributed by atoms with Crippen LogP contribution in [0, 0.1) is 9.52 Å². The number of nitrogens with zero attached hydrogens (tertiary/aromatic N) is 1. The second kappa shape index (κ2) is 5.22. The van der Waals surface area contributed by atoms with Crippen molar-refractivity contribution in [1.29, 1.82) is 0 Å². The highest BCUT2D eigenvalue weighted by molar-refractivity contribution is 14.1. The van der Waals surface area contributed by atoms with Gasteiger partial charge in [-0.3, -0.25) is 4.79 Å². The van der Waals surface area contributed by atoms with E-state index in [4.69, 9.17) is 0 Å². The average molecular weight is 342 g/mol. The van der Waals surface area contributed by atoms with Crippen molar-refractivity contribution in [3.63, 3.8) is 0 Å². The number of carbonyl (C=O) groups is 1. The van der Waals surface area contributed by atoms with Crippen LogP contribution in [0.25, 0.3) is 0 Å². The highest BCUT2D eigenvalue weighted by Gasteiger charge is 2.09. The summed E-state index contributed by atoms with van der Waals surface area (Å²) in [5.74, 6) is -0.805. The fourth-order valence-corrected chi connectivity index (χ4v) is 1.93. The summed E-state index contributed by atoms with van der Waals surface area (Å²) in [6.45, 7) is 0. The third-order valence-electron chi connectivity index (χ3n) is 2.10. The topological polar surface area (TPSA) is 42.0 Å². The molecule has 0 saturated heterocycles. The molecule has 1 heterocycles. The highest BCUT2D eigenvalue weighted by atomic mass is 127. The molecule has 17 heavy (non-hydrogen) atoms. The largest absolute Gasteiger partial charge is 0.321 e. The summed E-state index contributed by atoms with van der Waals surface area (Å²) < 4.78 is 13.4. The first-order chi connectivity index (χ1) is 8.16. The standard InChI is InChI=1S/C12H8FIN2O/c13-11-6-5-8(7-15-11)16-12(17)9-3-1-2-4-10(9)14/h1-7H,(H,16,17). The lowest BCUT2D eigenvalue weighted by Crippen LogP contribution is -2.13. The van der Waals surface area contributed by atoms with E-state index < -0.39 is 5.95 Å². The van der Waals surface area contributed by atoms with Crippen molar-refractivity contribution in [3.8, 4) is 0 Å². The number of benzene rings is 1. The monoisotopic (exact) mass is 342 g/mol. The van der Waals surface area contributed by atoms with Crippen molar-refractivity contribution in [2.24, 2.45) is 0 Å². The first-order valence-corrected chi connectivity index (χ1v) is 5.92. The lowest BCUT2D eigenvalue weighted by Gasteiger charge is -2.06. The van der Waals surface area contributed by atoms with Crippen LogP contribution in [-0.2, 0) is 0 Å². The Morgan fingerprint density at radius 3 is 2.65 bits per heavy atom. The van der Waals surface area contributed by atoms with Gasteiger partial charge in [0.05, 0.1) is 17.4 Å². The molecule has 0 aliphatic heterocycles. The predicted octanol–water partition coefficient (Wildman–Crippen LogP) is 3.08. The molecule has 0 spiro atoms. The number of carbonyl (C=O) groups excluding carboxylic acids is 1. The van der Waals surface area contributed by atoms with Gasteiger partial charge in [-0.1, -0.05) is 12.1 Å². The van der Waals surface area contributed by atoms with Crippen molar-refractivity contribution < 1.29 is 9.18 Å². The fraction of sp³-hybridized carbons (Fsp3) is 0. The van der Waals surface area contributed by atoms with Gasteiger partial charge in [0.25, 0.3) is 5.91 Å². The van der Waals surface area contributed by atoms with E-state index in [0.717, 1.165) is 3.57 Å². The maximum Gasteiger partial charge on any atom is 0.256 e.